The topological polar surface area (TPSA) is 39.3 Å². The van der Waals surface area contributed by atoms with E-state index >= 15 is 0 Å². The number of carbonyl (C=O) groups excluding carboxylic acids is 1. The molecule has 20 heavy (non-hydrogen) atoms. The van der Waals surface area contributed by atoms with Gasteiger partial charge in [-0.15, -0.1) is 11.3 Å². The fourth-order valence-electron chi connectivity index (χ4n) is 2.77. The van der Waals surface area contributed by atoms with Crippen molar-refractivity contribution in [1.82, 2.24) is 14.8 Å². The van der Waals surface area contributed by atoms with E-state index in [1.807, 2.05) is 6.92 Å². The van der Waals surface area contributed by atoms with E-state index in [9.17, 15) is 4.79 Å². The first-order chi connectivity index (χ1) is 9.51. The molecule has 0 radical (unpaired) electrons. The van der Waals surface area contributed by atoms with Gasteiger partial charge in [-0.05, 0) is 45.6 Å². The lowest BCUT2D eigenvalue weighted by Crippen LogP contribution is -2.44. The van der Waals surface area contributed by atoms with Crippen molar-refractivity contribution in [2.24, 2.45) is 0 Å². The summed E-state index contributed by atoms with van der Waals surface area (Å²) in [6.45, 7) is 7.07. The highest BCUT2D eigenvalue weighted by Crippen LogP contribution is 2.19. The molecule has 1 aliphatic rings. The number of H-pyrrole nitrogens is 1. The van der Waals surface area contributed by atoms with Crippen molar-refractivity contribution < 1.29 is 4.79 Å². The maximum absolute atomic E-state index is 12.6. The van der Waals surface area contributed by atoms with Gasteiger partial charge in [0.05, 0.1) is 6.42 Å². The van der Waals surface area contributed by atoms with Crippen molar-refractivity contribution in [2.75, 3.05) is 26.7 Å². The summed E-state index contributed by atoms with van der Waals surface area (Å²) in [5, 5.41) is 0. The molecular weight excluding hydrogens is 290 g/mol. The number of aromatic amines is 1. The van der Waals surface area contributed by atoms with Gasteiger partial charge >= 0.3 is 0 Å². The first-order valence-corrected chi connectivity index (χ1v) is 8.40. The van der Waals surface area contributed by atoms with Gasteiger partial charge in [0, 0.05) is 29.7 Å². The van der Waals surface area contributed by atoms with Gasteiger partial charge in [-0.1, -0.05) is 6.92 Å². The molecule has 1 atom stereocenters. The number of hydrogen-bond donors (Lipinski definition) is 1. The molecule has 0 aromatic carbocycles. The highest BCUT2D eigenvalue weighted by Gasteiger charge is 2.26. The van der Waals surface area contributed by atoms with Crippen LogP contribution in [0.25, 0.3) is 0 Å². The second kappa shape index (κ2) is 6.83. The second-order valence-electron chi connectivity index (χ2n) is 5.50. The van der Waals surface area contributed by atoms with E-state index in [1.54, 1.807) is 0 Å². The molecule has 1 aromatic rings. The van der Waals surface area contributed by atoms with Crippen molar-refractivity contribution in [2.45, 2.75) is 39.2 Å². The number of carbonyl (C=O) groups is 1. The number of likely N-dealkylation sites (N-methyl/N-ethyl adjacent to an activating group) is 1. The number of hydrogen-bond acceptors (Lipinski definition) is 4. The third-order valence-electron chi connectivity index (χ3n) is 3.93. The Morgan fingerprint density at radius 3 is 2.85 bits per heavy atom. The SMILES string of the molecule is CCC1CN(C)CCCN1C(=O)Cc1sc(=S)[nH]c1C. The molecule has 6 heteroatoms. The Labute approximate surface area is 129 Å². The van der Waals surface area contributed by atoms with E-state index in [0.717, 1.165) is 47.0 Å². The molecule has 4 nitrogen and oxygen atoms in total. The molecule has 0 bridgehead atoms. The van der Waals surface area contributed by atoms with Gasteiger partial charge in [-0.3, -0.25) is 4.79 Å². The summed E-state index contributed by atoms with van der Waals surface area (Å²) in [5.74, 6) is 0.237. The Morgan fingerprint density at radius 1 is 1.50 bits per heavy atom. The smallest absolute Gasteiger partial charge is 0.228 e. The molecular formula is C14H23N3OS2. The molecule has 1 saturated heterocycles. The molecule has 1 aliphatic heterocycles. The third-order valence-corrected chi connectivity index (χ3v) is 5.27. The zero-order valence-electron chi connectivity index (χ0n) is 12.4. The zero-order chi connectivity index (χ0) is 14.7. The van der Waals surface area contributed by atoms with Crippen molar-refractivity contribution in [3.05, 3.63) is 14.5 Å². The number of thiazole rings is 1. The van der Waals surface area contributed by atoms with Crippen LogP contribution in [0.1, 0.15) is 30.3 Å². The average molecular weight is 313 g/mol. The number of nitrogens with zero attached hydrogens (tertiary/aromatic N) is 2. The summed E-state index contributed by atoms with van der Waals surface area (Å²) in [7, 11) is 2.14. The molecule has 2 rings (SSSR count). The monoisotopic (exact) mass is 313 g/mol. The van der Waals surface area contributed by atoms with Gasteiger partial charge in [-0.25, -0.2) is 0 Å². The maximum Gasteiger partial charge on any atom is 0.228 e. The van der Waals surface area contributed by atoms with Crippen LogP contribution in [0.5, 0.6) is 0 Å². The Kier molecular flexibility index (Phi) is 5.35. The van der Waals surface area contributed by atoms with Crippen molar-refractivity contribution in [3.63, 3.8) is 0 Å². The molecule has 0 spiro atoms. The fraction of sp³-hybridized carbons (Fsp3) is 0.714. The van der Waals surface area contributed by atoms with E-state index in [4.69, 9.17) is 12.2 Å². The standard InChI is InChI=1S/C14H23N3OS2/c1-4-11-9-16(3)6-5-7-17(11)13(18)8-12-10(2)15-14(19)20-12/h11H,4-9H2,1-3H3,(H,15,19). The van der Waals surface area contributed by atoms with Crippen molar-refractivity contribution in [3.8, 4) is 0 Å². The summed E-state index contributed by atoms with van der Waals surface area (Å²) in [5.41, 5.74) is 1.04. The van der Waals surface area contributed by atoms with Crippen LogP contribution in [0.2, 0.25) is 0 Å². The van der Waals surface area contributed by atoms with Gasteiger partial charge in [0.2, 0.25) is 5.91 Å². The molecule has 1 unspecified atom stereocenters. The quantitative estimate of drug-likeness (QED) is 0.872. The predicted octanol–water partition coefficient (Wildman–Crippen LogP) is 2.60. The van der Waals surface area contributed by atoms with Crippen LogP contribution in [0.3, 0.4) is 0 Å². The Morgan fingerprint density at radius 2 is 2.25 bits per heavy atom. The fourth-order valence-corrected chi connectivity index (χ4v) is 4.05. The van der Waals surface area contributed by atoms with E-state index in [1.165, 1.54) is 11.3 Å². The van der Waals surface area contributed by atoms with Gasteiger partial charge in [0.15, 0.2) is 3.95 Å². The largest absolute Gasteiger partial charge is 0.341 e. The van der Waals surface area contributed by atoms with E-state index in [-0.39, 0.29) is 5.91 Å². The molecule has 1 aromatic heterocycles. The zero-order valence-corrected chi connectivity index (χ0v) is 14.1. The molecule has 0 saturated carbocycles. The number of aromatic nitrogens is 1. The van der Waals surface area contributed by atoms with Crippen molar-refractivity contribution in [1.29, 1.82) is 0 Å². The molecule has 1 amide bonds. The minimum absolute atomic E-state index is 0.237. The van der Waals surface area contributed by atoms with Gasteiger partial charge < -0.3 is 14.8 Å². The summed E-state index contributed by atoms with van der Waals surface area (Å²) < 4.78 is 0.757. The van der Waals surface area contributed by atoms with E-state index in [0.29, 0.717) is 12.5 Å². The van der Waals surface area contributed by atoms with Crippen LogP contribution in [-0.2, 0) is 11.2 Å². The number of nitrogens with one attached hydrogen (secondary N) is 1. The van der Waals surface area contributed by atoms with Crippen LogP contribution >= 0.6 is 23.6 Å². The predicted molar refractivity (Wildman–Crippen MR) is 85.9 cm³/mol. The minimum atomic E-state index is 0.237. The molecule has 2 heterocycles. The van der Waals surface area contributed by atoms with Gasteiger partial charge in [0.25, 0.3) is 0 Å². The van der Waals surface area contributed by atoms with E-state index < -0.39 is 0 Å². The van der Waals surface area contributed by atoms with E-state index in [2.05, 4.69) is 28.8 Å². The average Bonchev–Trinajstić information content (AvgIpc) is 2.61. The highest BCUT2D eigenvalue weighted by atomic mass is 32.1. The lowest BCUT2D eigenvalue weighted by atomic mass is 10.1. The van der Waals surface area contributed by atoms with Crippen LogP contribution < -0.4 is 0 Å². The van der Waals surface area contributed by atoms with Crippen molar-refractivity contribution >= 4 is 29.5 Å². The van der Waals surface area contributed by atoms with Gasteiger partial charge in [0.1, 0.15) is 0 Å². The first-order valence-electron chi connectivity index (χ1n) is 7.17. The summed E-state index contributed by atoms with van der Waals surface area (Å²) in [4.78, 5) is 21.2. The Balaban J connectivity index is 2.10. The summed E-state index contributed by atoms with van der Waals surface area (Å²) in [6.07, 6.45) is 2.54. The number of rotatable bonds is 3. The summed E-state index contributed by atoms with van der Waals surface area (Å²) in [6, 6.07) is 0.335. The number of amides is 1. The lowest BCUT2D eigenvalue weighted by molar-refractivity contribution is -0.132. The van der Waals surface area contributed by atoms with Gasteiger partial charge in [-0.2, -0.15) is 0 Å². The minimum Gasteiger partial charge on any atom is -0.341 e. The Hall–Kier alpha value is -0.720. The highest BCUT2D eigenvalue weighted by molar-refractivity contribution is 7.73. The third kappa shape index (κ3) is 3.68. The van der Waals surface area contributed by atoms with Crippen LogP contribution in [0, 0.1) is 10.9 Å². The molecule has 112 valence electrons. The normalized spacial score (nSPS) is 20.9. The van der Waals surface area contributed by atoms with Crippen LogP contribution in [0.15, 0.2) is 0 Å². The van der Waals surface area contributed by atoms with Crippen LogP contribution in [-0.4, -0.2) is 53.4 Å². The molecule has 1 N–H and O–H groups in total. The Bertz CT molecular complexity index is 523. The number of aryl methyl sites for hydroxylation is 1. The molecule has 1 fully saturated rings. The summed E-state index contributed by atoms with van der Waals surface area (Å²) >= 11 is 6.67. The lowest BCUT2D eigenvalue weighted by Gasteiger charge is -2.30. The first kappa shape index (κ1) is 15.7. The molecule has 0 aliphatic carbocycles. The second-order valence-corrected chi connectivity index (χ2v) is 7.28. The maximum atomic E-state index is 12.6. The van der Waals surface area contributed by atoms with Crippen LogP contribution in [0.4, 0.5) is 0 Å².